The number of carbonyl (C=O) groups excluding carboxylic acids is 1. The van der Waals surface area contributed by atoms with E-state index in [4.69, 9.17) is 0 Å². The number of halogens is 1. The molecule has 1 aliphatic heterocycles. The molecule has 1 N–H and O–H groups in total. The first kappa shape index (κ1) is 16.7. The van der Waals surface area contributed by atoms with Gasteiger partial charge in [-0.25, -0.2) is 4.99 Å². The third-order valence-corrected chi connectivity index (χ3v) is 4.99. The summed E-state index contributed by atoms with van der Waals surface area (Å²) >= 11 is 4.69. The molecular weight excluding hydrogens is 394 g/mol. The van der Waals surface area contributed by atoms with Gasteiger partial charge in [0.15, 0.2) is 5.17 Å². The van der Waals surface area contributed by atoms with Crippen LogP contribution < -0.4 is 5.32 Å². The summed E-state index contributed by atoms with van der Waals surface area (Å²) in [5.74, 6) is -0.137. The van der Waals surface area contributed by atoms with Crippen LogP contribution in [0.15, 0.2) is 58.0 Å². The Labute approximate surface area is 150 Å². The standard InChI is InChI=1S/C16H12BrN3O3S/c17-11-4-6-12(7-5-11)18-16-19-15(21)14(24-16)9-10-2-1-3-13(8-10)20(22)23/h1-8,14H,9H2,(H,18,19,21). The van der Waals surface area contributed by atoms with E-state index in [0.29, 0.717) is 11.6 Å². The van der Waals surface area contributed by atoms with Crippen molar-refractivity contribution in [2.24, 2.45) is 4.99 Å². The van der Waals surface area contributed by atoms with Crippen molar-refractivity contribution in [3.05, 3.63) is 68.7 Å². The lowest BCUT2D eigenvalue weighted by Gasteiger charge is -2.05. The fourth-order valence-electron chi connectivity index (χ4n) is 2.24. The molecule has 1 aliphatic rings. The fourth-order valence-corrected chi connectivity index (χ4v) is 3.53. The molecule has 2 aromatic carbocycles. The Balaban J connectivity index is 1.72. The Hall–Kier alpha value is -2.19. The minimum absolute atomic E-state index is 0.0275. The number of benzene rings is 2. The maximum Gasteiger partial charge on any atom is 0.269 e. The van der Waals surface area contributed by atoms with Gasteiger partial charge in [-0.15, -0.1) is 0 Å². The molecule has 2 aromatic rings. The molecule has 1 unspecified atom stereocenters. The summed E-state index contributed by atoms with van der Waals surface area (Å²) < 4.78 is 0.957. The number of nitro groups is 1. The second kappa shape index (κ2) is 7.14. The Morgan fingerprint density at radius 1 is 1.25 bits per heavy atom. The van der Waals surface area contributed by atoms with Gasteiger partial charge in [0.25, 0.3) is 5.69 Å². The summed E-state index contributed by atoms with van der Waals surface area (Å²) in [7, 11) is 0. The normalized spacial score (nSPS) is 18.6. The number of carbonyl (C=O) groups is 1. The van der Waals surface area contributed by atoms with Gasteiger partial charge in [-0.05, 0) is 36.2 Å². The highest BCUT2D eigenvalue weighted by molar-refractivity contribution is 9.10. The quantitative estimate of drug-likeness (QED) is 0.618. The molecular formula is C16H12BrN3O3S. The Morgan fingerprint density at radius 3 is 2.71 bits per heavy atom. The number of nitrogens with one attached hydrogen (secondary N) is 1. The summed E-state index contributed by atoms with van der Waals surface area (Å²) in [4.78, 5) is 26.9. The molecule has 8 heteroatoms. The largest absolute Gasteiger partial charge is 0.304 e. The number of aliphatic imine (C=N–C) groups is 1. The first-order valence-corrected chi connectivity index (χ1v) is 8.73. The second-order valence-corrected chi connectivity index (χ2v) is 7.23. The van der Waals surface area contributed by atoms with E-state index in [1.165, 1.54) is 23.9 Å². The smallest absolute Gasteiger partial charge is 0.269 e. The molecule has 122 valence electrons. The molecule has 6 nitrogen and oxygen atoms in total. The molecule has 0 bridgehead atoms. The zero-order valence-electron chi connectivity index (χ0n) is 12.3. The van der Waals surface area contributed by atoms with Crippen molar-refractivity contribution in [3.63, 3.8) is 0 Å². The van der Waals surface area contributed by atoms with Crippen LogP contribution in [-0.4, -0.2) is 21.2 Å². The van der Waals surface area contributed by atoms with Crippen LogP contribution in [0.4, 0.5) is 11.4 Å². The molecule has 0 radical (unpaired) electrons. The van der Waals surface area contributed by atoms with Crippen molar-refractivity contribution >= 4 is 50.1 Å². The third-order valence-electron chi connectivity index (χ3n) is 3.38. The van der Waals surface area contributed by atoms with Crippen molar-refractivity contribution in [2.75, 3.05) is 0 Å². The molecule has 1 heterocycles. The third kappa shape index (κ3) is 4.01. The number of hydrogen-bond acceptors (Lipinski definition) is 5. The first-order chi connectivity index (χ1) is 11.5. The number of amides is 1. The lowest BCUT2D eigenvalue weighted by atomic mass is 10.1. The molecule has 0 spiro atoms. The maximum atomic E-state index is 12.1. The van der Waals surface area contributed by atoms with E-state index in [1.807, 2.05) is 24.3 Å². The molecule has 1 amide bonds. The summed E-state index contributed by atoms with van der Waals surface area (Å²) in [6.45, 7) is 0. The van der Waals surface area contributed by atoms with Crippen LogP contribution >= 0.6 is 27.7 Å². The monoisotopic (exact) mass is 405 g/mol. The maximum absolute atomic E-state index is 12.1. The molecule has 0 saturated carbocycles. The summed E-state index contributed by atoms with van der Waals surface area (Å²) in [5, 5.41) is 13.8. The zero-order chi connectivity index (χ0) is 17.1. The highest BCUT2D eigenvalue weighted by Gasteiger charge is 2.30. The highest BCUT2D eigenvalue weighted by atomic mass is 79.9. The van der Waals surface area contributed by atoms with E-state index in [0.717, 1.165) is 15.7 Å². The van der Waals surface area contributed by atoms with Crippen LogP contribution in [0.25, 0.3) is 0 Å². The average molecular weight is 406 g/mol. The number of nitro benzene ring substituents is 1. The van der Waals surface area contributed by atoms with Crippen LogP contribution in [0.1, 0.15) is 5.56 Å². The summed E-state index contributed by atoms with van der Waals surface area (Å²) in [6, 6.07) is 13.8. The molecule has 1 atom stereocenters. The Bertz CT molecular complexity index is 824. The van der Waals surface area contributed by atoms with Crippen molar-refractivity contribution in [1.82, 2.24) is 5.32 Å². The van der Waals surface area contributed by atoms with Gasteiger partial charge in [0.1, 0.15) is 0 Å². The lowest BCUT2D eigenvalue weighted by molar-refractivity contribution is -0.384. The Morgan fingerprint density at radius 2 is 2.00 bits per heavy atom. The second-order valence-electron chi connectivity index (χ2n) is 5.12. The molecule has 0 aliphatic carbocycles. The highest BCUT2D eigenvalue weighted by Crippen LogP contribution is 2.27. The fraction of sp³-hybridized carbons (Fsp3) is 0.125. The van der Waals surface area contributed by atoms with E-state index in [2.05, 4.69) is 26.2 Å². The van der Waals surface area contributed by atoms with Gasteiger partial charge < -0.3 is 5.32 Å². The van der Waals surface area contributed by atoms with E-state index < -0.39 is 4.92 Å². The van der Waals surface area contributed by atoms with Crippen LogP contribution in [-0.2, 0) is 11.2 Å². The SMILES string of the molecule is O=C1NC(=Nc2ccc(Br)cc2)SC1Cc1cccc([N+](=O)[O-])c1. The van der Waals surface area contributed by atoms with Gasteiger partial charge in [-0.1, -0.05) is 39.8 Å². The number of thioether (sulfide) groups is 1. The van der Waals surface area contributed by atoms with Gasteiger partial charge >= 0.3 is 0 Å². The summed E-state index contributed by atoms with van der Waals surface area (Å²) in [6.07, 6.45) is 0.414. The van der Waals surface area contributed by atoms with Crippen molar-refractivity contribution in [2.45, 2.75) is 11.7 Å². The van der Waals surface area contributed by atoms with Gasteiger partial charge in [0.2, 0.25) is 5.91 Å². The van der Waals surface area contributed by atoms with E-state index in [1.54, 1.807) is 12.1 Å². The number of hydrogen-bond donors (Lipinski definition) is 1. The summed E-state index contributed by atoms with van der Waals surface area (Å²) in [5.41, 5.74) is 1.53. The van der Waals surface area contributed by atoms with Crippen LogP contribution in [0.5, 0.6) is 0 Å². The topological polar surface area (TPSA) is 84.6 Å². The first-order valence-electron chi connectivity index (χ1n) is 7.06. The number of amidine groups is 1. The predicted molar refractivity (Wildman–Crippen MR) is 97.6 cm³/mol. The minimum Gasteiger partial charge on any atom is -0.304 e. The van der Waals surface area contributed by atoms with Crippen molar-refractivity contribution in [1.29, 1.82) is 0 Å². The number of nitrogens with zero attached hydrogens (tertiary/aromatic N) is 2. The van der Waals surface area contributed by atoms with E-state index >= 15 is 0 Å². The molecule has 1 saturated heterocycles. The minimum atomic E-state index is -0.439. The van der Waals surface area contributed by atoms with E-state index in [9.17, 15) is 14.9 Å². The van der Waals surface area contributed by atoms with Crippen LogP contribution in [0.2, 0.25) is 0 Å². The molecule has 1 fully saturated rings. The number of non-ortho nitro benzene ring substituents is 1. The predicted octanol–water partition coefficient (Wildman–Crippen LogP) is 3.82. The van der Waals surface area contributed by atoms with Crippen molar-refractivity contribution < 1.29 is 9.72 Å². The average Bonchev–Trinajstić information content (AvgIpc) is 2.89. The van der Waals surface area contributed by atoms with Crippen LogP contribution in [0.3, 0.4) is 0 Å². The number of rotatable bonds is 4. The molecule has 24 heavy (non-hydrogen) atoms. The molecule has 3 rings (SSSR count). The lowest BCUT2D eigenvalue weighted by Crippen LogP contribution is -2.25. The van der Waals surface area contributed by atoms with E-state index in [-0.39, 0.29) is 16.8 Å². The van der Waals surface area contributed by atoms with Gasteiger partial charge in [0.05, 0.1) is 15.9 Å². The zero-order valence-corrected chi connectivity index (χ0v) is 14.7. The van der Waals surface area contributed by atoms with Crippen LogP contribution in [0, 0.1) is 10.1 Å². The van der Waals surface area contributed by atoms with Gasteiger partial charge in [-0.3, -0.25) is 14.9 Å². The van der Waals surface area contributed by atoms with Crippen molar-refractivity contribution in [3.8, 4) is 0 Å². The van der Waals surface area contributed by atoms with Gasteiger partial charge in [-0.2, -0.15) is 0 Å². The molecule has 0 aromatic heterocycles. The Kier molecular flexibility index (Phi) is 4.96. The van der Waals surface area contributed by atoms with Gasteiger partial charge in [0, 0.05) is 16.6 Å².